The van der Waals surface area contributed by atoms with E-state index in [-0.39, 0.29) is 35.4 Å². The zero-order chi connectivity index (χ0) is 22.7. The Bertz CT molecular complexity index is 1260. The van der Waals surface area contributed by atoms with E-state index in [1.807, 2.05) is 48.7 Å². The lowest BCUT2D eigenvalue weighted by Gasteiger charge is -2.33. The van der Waals surface area contributed by atoms with Gasteiger partial charge in [0.15, 0.2) is 5.13 Å². The van der Waals surface area contributed by atoms with Gasteiger partial charge in [-0.25, -0.2) is 13.4 Å². The predicted octanol–water partition coefficient (Wildman–Crippen LogP) is 4.09. The van der Waals surface area contributed by atoms with Crippen LogP contribution in [0.2, 0.25) is 0 Å². The molecule has 1 aliphatic rings. The summed E-state index contributed by atoms with van der Waals surface area (Å²) in [5.41, 5.74) is 1.71. The third kappa shape index (κ3) is 4.30. The number of aromatic nitrogens is 1. The number of para-hydroxylation sites is 1. The van der Waals surface area contributed by atoms with E-state index in [4.69, 9.17) is 0 Å². The van der Waals surface area contributed by atoms with Crippen LogP contribution in [0.3, 0.4) is 0 Å². The lowest BCUT2D eigenvalue weighted by molar-refractivity contribution is -0.122. The molecule has 0 bridgehead atoms. The highest BCUT2D eigenvalue weighted by Crippen LogP contribution is 2.33. The molecule has 0 aliphatic carbocycles. The zero-order valence-electron chi connectivity index (χ0n) is 17.5. The van der Waals surface area contributed by atoms with Gasteiger partial charge in [0, 0.05) is 24.4 Å². The molecular formula is C23H22N4O3S2. The SMILES string of the molecule is Cc1csc(N(C(=O)C2CCN(S(=O)(=O)c3ccccc3C#N)CC2)c2ccccc2)n1. The number of piperidine rings is 1. The molecule has 1 saturated heterocycles. The predicted molar refractivity (Wildman–Crippen MR) is 123 cm³/mol. The molecule has 2 heterocycles. The molecule has 0 atom stereocenters. The van der Waals surface area contributed by atoms with Crippen LogP contribution in [0.15, 0.2) is 64.9 Å². The van der Waals surface area contributed by atoms with Crippen LogP contribution >= 0.6 is 11.3 Å². The molecule has 4 rings (SSSR count). The van der Waals surface area contributed by atoms with E-state index in [1.165, 1.54) is 27.8 Å². The molecule has 0 radical (unpaired) electrons. The summed E-state index contributed by atoms with van der Waals surface area (Å²) in [7, 11) is -3.80. The molecule has 3 aromatic rings. The highest BCUT2D eigenvalue weighted by Gasteiger charge is 2.36. The monoisotopic (exact) mass is 466 g/mol. The molecule has 0 saturated carbocycles. The second kappa shape index (κ2) is 9.20. The number of nitrogens with zero attached hydrogens (tertiary/aromatic N) is 4. The van der Waals surface area contributed by atoms with Crippen molar-refractivity contribution in [2.24, 2.45) is 5.92 Å². The average molecular weight is 467 g/mol. The topological polar surface area (TPSA) is 94.4 Å². The van der Waals surface area contributed by atoms with Gasteiger partial charge in [0.2, 0.25) is 15.9 Å². The number of carbonyl (C=O) groups excluding carboxylic acids is 1. The van der Waals surface area contributed by atoms with Crippen molar-refractivity contribution in [1.29, 1.82) is 5.26 Å². The van der Waals surface area contributed by atoms with Crippen LogP contribution in [0.25, 0.3) is 0 Å². The van der Waals surface area contributed by atoms with Gasteiger partial charge in [0.25, 0.3) is 0 Å². The molecule has 1 fully saturated rings. The minimum absolute atomic E-state index is 0.0106. The third-order valence-corrected chi connectivity index (χ3v) is 8.36. The number of anilines is 2. The van der Waals surface area contributed by atoms with Crippen LogP contribution in [0.4, 0.5) is 10.8 Å². The quantitative estimate of drug-likeness (QED) is 0.564. The third-order valence-electron chi connectivity index (χ3n) is 5.46. The summed E-state index contributed by atoms with van der Waals surface area (Å²) in [6.07, 6.45) is 0.806. The molecule has 164 valence electrons. The van der Waals surface area contributed by atoms with E-state index in [9.17, 15) is 18.5 Å². The van der Waals surface area contributed by atoms with Crippen LogP contribution in [0.5, 0.6) is 0 Å². The largest absolute Gasteiger partial charge is 0.274 e. The van der Waals surface area contributed by atoms with Crippen LogP contribution in [0.1, 0.15) is 24.1 Å². The number of amides is 1. The molecule has 2 aromatic carbocycles. The van der Waals surface area contributed by atoms with Gasteiger partial charge >= 0.3 is 0 Å². The number of sulfonamides is 1. The van der Waals surface area contributed by atoms with E-state index in [2.05, 4.69) is 4.98 Å². The molecule has 1 aliphatic heterocycles. The van der Waals surface area contributed by atoms with Crippen molar-refractivity contribution in [2.45, 2.75) is 24.7 Å². The van der Waals surface area contributed by atoms with E-state index in [0.29, 0.717) is 18.0 Å². The second-order valence-corrected chi connectivity index (χ2v) is 10.3. The summed E-state index contributed by atoms with van der Waals surface area (Å²) in [6.45, 7) is 2.33. The minimum atomic E-state index is -3.80. The van der Waals surface area contributed by atoms with Crippen molar-refractivity contribution in [3.8, 4) is 6.07 Å². The Kier molecular flexibility index (Phi) is 6.37. The van der Waals surface area contributed by atoms with Crippen LogP contribution < -0.4 is 4.90 Å². The van der Waals surface area contributed by atoms with E-state index in [0.717, 1.165) is 11.4 Å². The molecule has 9 heteroatoms. The van der Waals surface area contributed by atoms with Gasteiger partial charge in [-0.15, -0.1) is 11.3 Å². The fourth-order valence-electron chi connectivity index (χ4n) is 3.80. The summed E-state index contributed by atoms with van der Waals surface area (Å²) >= 11 is 1.41. The van der Waals surface area contributed by atoms with E-state index >= 15 is 0 Å². The van der Waals surface area contributed by atoms with Crippen molar-refractivity contribution >= 4 is 38.1 Å². The fourth-order valence-corrected chi connectivity index (χ4v) is 6.24. The number of aryl methyl sites for hydroxylation is 1. The van der Waals surface area contributed by atoms with Gasteiger partial charge in [-0.1, -0.05) is 30.3 Å². The number of hydrogen-bond acceptors (Lipinski definition) is 6. The lowest BCUT2D eigenvalue weighted by atomic mass is 9.96. The molecule has 0 N–H and O–H groups in total. The van der Waals surface area contributed by atoms with Gasteiger partial charge in [-0.05, 0) is 44.0 Å². The highest BCUT2D eigenvalue weighted by molar-refractivity contribution is 7.89. The van der Waals surface area contributed by atoms with Crippen molar-refractivity contribution in [1.82, 2.24) is 9.29 Å². The Morgan fingerprint density at radius 2 is 1.78 bits per heavy atom. The minimum Gasteiger partial charge on any atom is -0.274 e. The standard InChI is InChI=1S/C23H22N4O3S2/c1-17-16-31-23(25-17)27(20-8-3-2-4-9-20)22(28)18-11-13-26(14-12-18)32(29,30)21-10-6-5-7-19(21)15-24/h2-10,16,18H,11-14H2,1H3. The number of nitriles is 1. The molecule has 32 heavy (non-hydrogen) atoms. The second-order valence-electron chi connectivity index (χ2n) is 7.57. The van der Waals surface area contributed by atoms with Gasteiger partial charge in [0.05, 0.1) is 21.8 Å². The first-order valence-corrected chi connectivity index (χ1v) is 12.5. The number of carbonyl (C=O) groups is 1. The van der Waals surface area contributed by atoms with Crippen LogP contribution in [0, 0.1) is 24.2 Å². The molecule has 7 nitrogen and oxygen atoms in total. The summed E-state index contributed by atoms with van der Waals surface area (Å²) in [6, 6.07) is 17.5. The summed E-state index contributed by atoms with van der Waals surface area (Å²) in [4.78, 5) is 19.7. The van der Waals surface area contributed by atoms with Crippen LogP contribution in [-0.2, 0) is 14.8 Å². The molecule has 1 aromatic heterocycles. The maximum Gasteiger partial charge on any atom is 0.244 e. The fraction of sp³-hybridized carbons (Fsp3) is 0.261. The first-order valence-electron chi connectivity index (χ1n) is 10.2. The Balaban J connectivity index is 1.54. The molecule has 0 unspecified atom stereocenters. The summed E-state index contributed by atoms with van der Waals surface area (Å²) in [5, 5.41) is 11.8. The van der Waals surface area contributed by atoms with Crippen LogP contribution in [-0.4, -0.2) is 36.7 Å². The smallest absolute Gasteiger partial charge is 0.244 e. The maximum atomic E-state index is 13.5. The molecular weight excluding hydrogens is 444 g/mol. The number of hydrogen-bond donors (Lipinski definition) is 0. The van der Waals surface area contributed by atoms with Gasteiger partial charge in [0.1, 0.15) is 6.07 Å². The van der Waals surface area contributed by atoms with Crippen molar-refractivity contribution in [3.63, 3.8) is 0 Å². The first kappa shape index (κ1) is 22.1. The van der Waals surface area contributed by atoms with Gasteiger partial charge in [-0.2, -0.15) is 9.57 Å². The van der Waals surface area contributed by atoms with Crippen molar-refractivity contribution in [2.75, 3.05) is 18.0 Å². The summed E-state index contributed by atoms with van der Waals surface area (Å²) < 4.78 is 27.6. The molecule has 0 spiro atoms. The van der Waals surface area contributed by atoms with E-state index in [1.54, 1.807) is 17.0 Å². The Morgan fingerprint density at radius 1 is 1.12 bits per heavy atom. The number of rotatable bonds is 5. The van der Waals surface area contributed by atoms with Crippen molar-refractivity contribution < 1.29 is 13.2 Å². The zero-order valence-corrected chi connectivity index (χ0v) is 19.1. The van der Waals surface area contributed by atoms with Gasteiger partial charge in [-0.3, -0.25) is 9.69 Å². The Hall–Kier alpha value is -3.06. The Labute approximate surface area is 191 Å². The first-order chi connectivity index (χ1) is 15.4. The number of thiazole rings is 1. The molecule has 1 amide bonds. The van der Waals surface area contributed by atoms with E-state index < -0.39 is 10.0 Å². The summed E-state index contributed by atoms with van der Waals surface area (Å²) in [5.74, 6) is -0.405. The Morgan fingerprint density at radius 3 is 2.41 bits per heavy atom. The van der Waals surface area contributed by atoms with Crippen molar-refractivity contribution in [3.05, 3.63) is 71.2 Å². The number of benzene rings is 2. The highest BCUT2D eigenvalue weighted by atomic mass is 32.2. The van der Waals surface area contributed by atoms with Gasteiger partial charge < -0.3 is 0 Å². The average Bonchev–Trinajstić information content (AvgIpc) is 3.25. The maximum absolute atomic E-state index is 13.5. The normalized spacial score (nSPS) is 15.2. The lowest BCUT2D eigenvalue weighted by Crippen LogP contribution is -2.43.